The van der Waals surface area contributed by atoms with Crippen LogP contribution in [0.4, 0.5) is 5.69 Å². The van der Waals surface area contributed by atoms with E-state index >= 15 is 0 Å². The molecule has 27 heavy (non-hydrogen) atoms. The van der Waals surface area contributed by atoms with E-state index in [1.807, 2.05) is 12.1 Å². The van der Waals surface area contributed by atoms with Crippen molar-refractivity contribution in [3.8, 4) is 11.6 Å². The zero-order chi connectivity index (χ0) is 18.8. The predicted molar refractivity (Wildman–Crippen MR) is 99.4 cm³/mol. The second-order valence-corrected chi connectivity index (χ2v) is 6.78. The van der Waals surface area contributed by atoms with Gasteiger partial charge in [0, 0.05) is 23.4 Å². The molecule has 0 saturated heterocycles. The summed E-state index contributed by atoms with van der Waals surface area (Å²) in [6, 6.07) is 10.6. The molecular weight excluding hydrogens is 344 g/mol. The molecule has 7 heteroatoms. The first-order chi connectivity index (χ1) is 13.1. The van der Waals surface area contributed by atoms with E-state index in [4.69, 9.17) is 4.42 Å². The zero-order valence-corrected chi connectivity index (χ0v) is 15.0. The Hall–Kier alpha value is -3.22. The van der Waals surface area contributed by atoms with Crippen LogP contribution < -0.4 is 5.32 Å². The van der Waals surface area contributed by atoms with Crippen molar-refractivity contribution in [3.63, 3.8) is 0 Å². The average Bonchev–Trinajstić information content (AvgIpc) is 3.23. The monoisotopic (exact) mass is 364 g/mol. The summed E-state index contributed by atoms with van der Waals surface area (Å²) >= 11 is 0. The molecule has 1 aliphatic carbocycles. The third kappa shape index (κ3) is 3.67. The van der Waals surface area contributed by atoms with E-state index in [1.54, 1.807) is 35.0 Å². The second-order valence-electron chi connectivity index (χ2n) is 6.78. The molecule has 7 nitrogen and oxygen atoms in total. The number of nitrogens with one attached hydrogen (secondary N) is 1. The molecule has 2 heterocycles. The minimum absolute atomic E-state index is 0.0440. The van der Waals surface area contributed by atoms with Gasteiger partial charge in [0.15, 0.2) is 5.78 Å². The topological polar surface area (TPSA) is 90.0 Å². The van der Waals surface area contributed by atoms with E-state index in [0.717, 1.165) is 12.8 Å². The zero-order valence-electron chi connectivity index (χ0n) is 15.0. The lowest BCUT2D eigenvalue weighted by atomic mass is 9.85. The SMILES string of the molecule is CC(=O)c1cccc(NC(=O)Cn2cccc2-c2nnc(C3CCC3)o2)c1. The molecule has 138 valence electrons. The third-order valence-corrected chi connectivity index (χ3v) is 4.81. The largest absolute Gasteiger partial charge is 0.419 e. The van der Waals surface area contributed by atoms with Gasteiger partial charge in [0.1, 0.15) is 12.2 Å². The van der Waals surface area contributed by atoms with Gasteiger partial charge in [0.05, 0.1) is 0 Å². The van der Waals surface area contributed by atoms with Crippen molar-refractivity contribution in [2.24, 2.45) is 0 Å². The van der Waals surface area contributed by atoms with Gasteiger partial charge in [-0.25, -0.2) is 0 Å². The minimum Gasteiger partial charge on any atom is -0.419 e. The number of ketones is 1. The van der Waals surface area contributed by atoms with Crippen molar-refractivity contribution in [3.05, 3.63) is 54.0 Å². The van der Waals surface area contributed by atoms with E-state index in [-0.39, 0.29) is 18.2 Å². The van der Waals surface area contributed by atoms with Gasteiger partial charge in [-0.3, -0.25) is 9.59 Å². The van der Waals surface area contributed by atoms with Crippen molar-refractivity contribution in [1.29, 1.82) is 0 Å². The summed E-state index contributed by atoms with van der Waals surface area (Å²) in [5, 5.41) is 11.1. The molecule has 0 unspecified atom stereocenters. The highest BCUT2D eigenvalue weighted by Crippen LogP contribution is 2.36. The fourth-order valence-electron chi connectivity index (χ4n) is 3.08. The van der Waals surface area contributed by atoms with E-state index in [9.17, 15) is 9.59 Å². The summed E-state index contributed by atoms with van der Waals surface area (Å²) in [6.07, 6.45) is 5.17. The quantitative estimate of drug-likeness (QED) is 0.674. The first kappa shape index (κ1) is 17.2. The summed E-state index contributed by atoms with van der Waals surface area (Å²) in [5.41, 5.74) is 1.86. The van der Waals surface area contributed by atoms with Crippen LogP contribution in [-0.4, -0.2) is 26.5 Å². The molecule has 0 atom stereocenters. The van der Waals surface area contributed by atoms with Crippen LogP contribution in [0.1, 0.15) is 48.4 Å². The van der Waals surface area contributed by atoms with Crippen LogP contribution in [0.5, 0.6) is 0 Å². The second kappa shape index (κ2) is 7.19. The minimum atomic E-state index is -0.202. The van der Waals surface area contributed by atoms with Crippen molar-refractivity contribution < 1.29 is 14.0 Å². The van der Waals surface area contributed by atoms with Crippen molar-refractivity contribution >= 4 is 17.4 Å². The number of hydrogen-bond donors (Lipinski definition) is 1. The van der Waals surface area contributed by atoms with Gasteiger partial charge in [-0.2, -0.15) is 0 Å². The maximum atomic E-state index is 12.4. The van der Waals surface area contributed by atoms with Gasteiger partial charge in [-0.1, -0.05) is 18.6 Å². The highest BCUT2D eigenvalue weighted by Gasteiger charge is 2.26. The Morgan fingerprint density at radius 2 is 2.07 bits per heavy atom. The predicted octanol–water partition coefficient (Wildman–Crippen LogP) is 3.65. The summed E-state index contributed by atoms with van der Waals surface area (Å²) in [5.74, 6) is 1.22. The van der Waals surface area contributed by atoms with E-state index < -0.39 is 0 Å². The van der Waals surface area contributed by atoms with Gasteiger partial charge in [-0.15, -0.1) is 10.2 Å². The number of benzene rings is 1. The van der Waals surface area contributed by atoms with Gasteiger partial charge in [0.25, 0.3) is 5.89 Å². The first-order valence-electron chi connectivity index (χ1n) is 9.00. The van der Waals surface area contributed by atoms with E-state index in [2.05, 4.69) is 15.5 Å². The number of amides is 1. The lowest BCUT2D eigenvalue weighted by molar-refractivity contribution is -0.116. The Morgan fingerprint density at radius 1 is 1.22 bits per heavy atom. The molecule has 2 aromatic heterocycles. The Kier molecular flexibility index (Phi) is 4.58. The smallest absolute Gasteiger partial charge is 0.264 e. The van der Waals surface area contributed by atoms with E-state index in [1.165, 1.54) is 13.3 Å². The molecule has 0 bridgehead atoms. The fraction of sp³-hybridized carbons (Fsp3) is 0.300. The van der Waals surface area contributed by atoms with Crippen LogP contribution in [0, 0.1) is 0 Å². The van der Waals surface area contributed by atoms with Crippen LogP contribution in [-0.2, 0) is 11.3 Å². The summed E-state index contributed by atoms with van der Waals surface area (Å²) in [6.45, 7) is 1.60. The molecule has 1 amide bonds. The molecule has 0 aliphatic heterocycles. The first-order valence-corrected chi connectivity index (χ1v) is 9.00. The van der Waals surface area contributed by atoms with Crippen molar-refractivity contribution in [2.75, 3.05) is 5.32 Å². The summed E-state index contributed by atoms with van der Waals surface area (Å²) in [7, 11) is 0. The Labute approximate surface area is 156 Å². The van der Waals surface area contributed by atoms with Gasteiger partial charge in [0.2, 0.25) is 11.8 Å². The van der Waals surface area contributed by atoms with Gasteiger partial charge >= 0.3 is 0 Å². The maximum Gasteiger partial charge on any atom is 0.264 e. The number of carbonyl (C=O) groups excluding carboxylic acids is 2. The fourth-order valence-corrected chi connectivity index (χ4v) is 3.08. The maximum absolute atomic E-state index is 12.4. The summed E-state index contributed by atoms with van der Waals surface area (Å²) in [4.78, 5) is 23.9. The average molecular weight is 364 g/mol. The third-order valence-electron chi connectivity index (χ3n) is 4.81. The molecule has 0 spiro atoms. The van der Waals surface area contributed by atoms with Crippen molar-refractivity contribution in [2.45, 2.75) is 38.6 Å². The van der Waals surface area contributed by atoms with Gasteiger partial charge < -0.3 is 14.3 Å². The standard InChI is InChI=1S/C20H20N4O3/c1-13(25)15-7-3-8-16(11-15)21-18(26)12-24-10-4-9-17(24)20-23-22-19(27-20)14-5-2-6-14/h3-4,7-11,14H,2,5-6,12H2,1H3,(H,21,26). The molecule has 1 fully saturated rings. The molecule has 1 aromatic carbocycles. The van der Waals surface area contributed by atoms with Crippen LogP contribution in [0.3, 0.4) is 0 Å². The Bertz CT molecular complexity index is 985. The molecule has 3 aromatic rings. The molecular formula is C20H20N4O3. The number of rotatable bonds is 6. The van der Waals surface area contributed by atoms with Crippen LogP contribution in [0.25, 0.3) is 11.6 Å². The summed E-state index contributed by atoms with van der Waals surface area (Å²) < 4.78 is 7.57. The Morgan fingerprint density at radius 3 is 2.81 bits per heavy atom. The van der Waals surface area contributed by atoms with E-state index in [0.29, 0.717) is 34.6 Å². The van der Waals surface area contributed by atoms with Crippen LogP contribution in [0.15, 0.2) is 47.0 Å². The lowest BCUT2D eigenvalue weighted by Crippen LogP contribution is -2.19. The van der Waals surface area contributed by atoms with Crippen LogP contribution >= 0.6 is 0 Å². The molecule has 1 N–H and O–H groups in total. The molecule has 1 saturated carbocycles. The highest BCUT2D eigenvalue weighted by atomic mass is 16.4. The number of carbonyl (C=O) groups is 2. The molecule has 0 radical (unpaired) electrons. The van der Waals surface area contributed by atoms with Crippen molar-refractivity contribution in [1.82, 2.24) is 14.8 Å². The lowest BCUT2D eigenvalue weighted by Gasteiger charge is -2.20. The number of nitrogens with zero attached hydrogens (tertiary/aromatic N) is 3. The number of anilines is 1. The van der Waals surface area contributed by atoms with Gasteiger partial charge in [-0.05, 0) is 44.0 Å². The number of aromatic nitrogens is 3. The molecule has 1 aliphatic rings. The van der Waals surface area contributed by atoms with Crippen LogP contribution in [0.2, 0.25) is 0 Å². The number of hydrogen-bond acceptors (Lipinski definition) is 5. The number of Topliss-reactive ketones (excluding diaryl/α,β-unsaturated/α-hetero) is 1. The highest BCUT2D eigenvalue weighted by molar-refractivity contribution is 5.97. The normalized spacial score (nSPS) is 14.0. The molecule has 4 rings (SSSR count). The Balaban J connectivity index is 1.46.